The van der Waals surface area contributed by atoms with Gasteiger partial charge in [-0.05, 0) is 68.7 Å². The zero-order chi connectivity index (χ0) is 25.8. The summed E-state index contributed by atoms with van der Waals surface area (Å²) in [6.45, 7) is 12.6. The van der Waals surface area contributed by atoms with Crippen molar-refractivity contribution in [2.75, 3.05) is 39.3 Å². The monoisotopic (exact) mass is 504 g/mol. The topological polar surface area (TPSA) is 60.0 Å². The van der Waals surface area contributed by atoms with E-state index in [-0.39, 0.29) is 12.1 Å². The van der Waals surface area contributed by atoms with Crippen molar-refractivity contribution in [2.45, 2.75) is 64.8 Å². The van der Waals surface area contributed by atoms with Crippen LogP contribution >= 0.6 is 0 Å². The fourth-order valence-corrected chi connectivity index (χ4v) is 6.16. The zero-order valence-corrected chi connectivity index (χ0v) is 22.5. The second kappa shape index (κ2) is 11.4. The lowest BCUT2D eigenvalue weighted by molar-refractivity contribution is -0.153. The van der Waals surface area contributed by atoms with Gasteiger partial charge in [0.1, 0.15) is 12.2 Å². The summed E-state index contributed by atoms with van der Waals surface area (Å²) < 4.78 is 19.1. The molecule has 0 radical (unpaired) electrons. The highest BCUT2D eigenvalue weighted by atomic mass is 16.6. The lowest BCUT2D eigenvalue weighted by Gasteiger charge is -2.37. The molecule has 0 atom stereocenters. The van der Waals surface area contributed by atoms with Gasteiger partial charge in [0.25, 0.3) is 0 Å². The van der Waals surface area contributed by atoms with Crippen molar-refractivity contribution >= 4 is 11.5 Å². The number of nitrogens with one attached hydrogen (secondary N) is 1. The summed E-state index contributed by atoms with van der Waals surface area (Å²) in [5.41, 5.74) is 5.24. The van der Waals surface area contributed by atoms with E-state index in [0.717, 1.165) is 74.4 Å². The molecule has 37 heavy (non-hydrogen) atoms. The molecular weight excluding hydrogens is 464 g/mol. The molecule has 0 bridgehead atoms. The SMILES string of the molecule is Cc1cc(C)c(C2=C(OCc3ccccc3)[C@]3(CC[C@H](OCCN4CCNCC4)CC3)OC2=O)c(C)c1. The summed E-state index contributed by atoms with van der Waals surface area (Å²) in [6, 6.07) is 14.4. The van der Waals surface area contributed by atoms with E-state index < -0.39 is 5.60 Å². The highest BCUT2D eigenvalue weighted by Gasteiger charge is 2.52. The van der Waals surface area contributed by atoms with E-state index in [4.69, 9.17) is 14.2 Å². The summed E-state index contributed by atoms with van der Waals surface area (Å²) in [6.07, 6.45) is 3.33. The third-order valence-electron chi connectivity index (χ3n) is 8.00. The molecule has 1 saturated heterocycles. The second-order valence-corrected chi connectivity index (χ2v) is 10.8. The number of carbonyl (C=O) groups is 1. The molecule has 1 aliphatic carbocycles. The van der Waals surface area contributed by atoms with Crippen LogP contribution in [0, 0.1) is 20.8 Å². The van der Waals surface area contributed by atoms with Crippen LogP contribution in [0.15, 0.2) is 48.2 Å². The fourth-order valence-electron chi connectivity index (χ4n) is 6.16. The van der Waals surface area contributed by atoms with E-state index in [1.165, 1.54) is 5.56 Å². The Labute approximate surface area is 221 Å². The Kier molecular flexibility index (Phi) is 7.98. The number of nitrogens with zero attached hydrogens (tertiary/aromatic N) is 1. The molecule has 0 aromatic heterocycles. The molecule has 1 saturated carbocycles. The van der Waals surface area contributed by atoms with E-state index in [9.17, 15) is 4.79 Å². The average Bonchev–Trinajstić information content (AvgIpc) is 3.15. The first-order valence-electron chi connectivity index (χ1n) is 13.7. The van der Waals surface area contributed by atoms with Crippen molar-refractivity contribution in [1.82, 2.24) is 10.2 Å². The van der Waals surface area contributed by atoms with Crippen LogP contribution in [-0.4, -0.2) is 61.9 Å². The number of hydrogen-bond donors (Lipinski definition) is 1. The number of piperazine rings is 1. The quantitative estimate of drug-likeness (QED) is 0.526. The second-order valence-electron chi connectivity index (χ2n) is 10.8. The molecular formula is C31H40N2O4. The van der Waals surface area contributed by atoms with Crippen LogP contribution in [0.1, 0.15) is 53.5 Å². The van der Waals surface area contributed by atoms with E-state index in [1.807, 2.05) is 18.2 Å². The Hall–Kier alpha value is -2.67. The van der Waals surface area contributed by atoms with Crippen LogP contribution in [0.4, 0.5) is 0 Å². The normalized spacial score (nSPS) is 24.5. The van der Waals surface area contributed by atoms with E-state index in [0.29, 0.717) is 30.8 Å². The van der Waals surface area contributed by atoms with Gasteiger partial charge in [0.15, 0.2) is 11.4 Å². The molecule has 1 spiro atoms. The Morgan fingerprint density at radius 3 is 2.38 bits per heavy atom. The number of ether oxygens (including phenoxy) is 3. The van der Waals surface area contributed by atoms with Crippen molar-refractivity contribution in [3.05, 3.63) is 76.0 Å². The van der Waals surface area contributed by atoms with Crippen molar-refractivity contribution < 1.29 is 19.0 Å². The van der Waals surface area contributed by atoms with Crippen molar-refractivity contribution in [3.8, 4) is 0 Å². The van der Waals surface area contributed by atoms with Crippen LogP contribution < -0.4 is 5.32 Å². The summed E-state index contributed by atoms with van der Waals surface area (Å²) >= 11 is 0. The number of carbonyl (C=O) groups excluding carboxylic acids is 1. The van der Waals surface area contributed by atoms with Gasteiger partial charge in [0, 0.05) is 32.7 Å². The Balaban J connectivity index is 1.35. The van der Waals surface area contributed by atoms with Crippen LogP contribution in [0.5, 0.6) is 0 Å². The smallest absolute Gasteiger partial charge is 0.343 e. The van der Waals surface area contributed by atoms with E-state index >= 15 is 0 Å². The van der Waals surface area contributed by atoms with Gasteiger partial charge in [-0.25, -0.2) is 4.79 Å². The minimum absolute atomic E-state index is 0.189. The van der Waals surface area contributed by atoms with Crippen molar-refractivity contribution in [1.29, 1.82) is 0 Å². The highest BCUT2D eigenvalue weighted by Crippen LogP contribution is 2.48. The minimum atomic E-state index is -0.719. The summed E-state index contributed by atoms with van der Waals surface area (Å²) in [5, 5.41) is 3.40. The molecule has 0 amide bonds. The number of benzene rings is 2. The Morgan fingerprint density at radius 1 is 1.03 bits per heavy atom. The lowest BCUT2D eigenvalue weighted by Crippen LogP contribution is -2.45. The number of esters is 1. The fraction of sp³-hybridized carbons (Fsp3) is 0.516. The highest BCUT2D eigenvalue weighted by molar-refractivity contribution is 6.20. The van der Waals surface area contributed by atoms with Crippen LogP contribution in [0.3, 0.4) is 0 Å². The molecule has 6 nitrogen and oxygen atoms in total. The average molecular weight is 505 g/mol. The van der Waals surface area contributed by atoms with Gasteiger partial charge in [-0.15, -0.1) is 0 Å². The molecule has 2 aromatic carbocycles. The predicted molar refractivity (Wildman–Crippen MR) is 145 cm³/mol. The summed E-state index contributed by atoms with van der Waals surface area (Å²) in [5.74, 6) is 0.437. The third kappa shape index (κ3) is 5.77. The molecule has 5 rings (SSSR count). The summed E-state index contributed by atoms with van der Waals surface area (Å²) in [7, 11) is 0. The number of rotatable bonds is 8. The first-order valence-corrected chi connectivity index (χ1v) is 13.7. The maximum Gasteiger partial charge on any atom is 0.343 e. The first kappa shape index (κ1) is 26.0. The lowest BCUT2D eigenvalue weighted by atomic mass is 9.80. The van der Waals surface area contributed by atoms with Gasteiger partial charge in [-0.2, -0.15) is 0 Å². The standard InChI is InChI=1S/C31H40N2O4/c1-22-19-23(2)27(24(3)20-22)28-29(36-21-25-7-5-4-6-8-25)31(37-30(28)34)11-9-26(10-12-31)35-18-17-33-15-13-32-14-16-33/h4-8,19-20,26,32H,9-18,21H2,1-3H3/t26-,31+. The van der Waals surface area contributed by atoms with Crippen molar-refractivity contribution in [3.63, 3.8) is 0 Å². The molecule has 3 aliphatic rings. The number of hydrogen-bond acceptors (Lipinski definition) is 6. The van der Waals surface area contributed by atoms with Crippen LogP contribution in [-0.2, 0) is 25.6 Å². The van der Waals surface area contributed by atoms with Gasteiger partial charge in [0.05, 0.1) is 12.7 Å². The summed E-state index contributed by atoms with van der Waals surface area (Å²) in [4.78, 5) is 15.9. The van der Waals surface area contributed by atoms with Crippen molar-refractivity contribution in [2.24, 2.45) is 0 Å². The molecule has 2 fully saturated rings. The predicted octanol–water partition coefficient (Wildman–Crippen LogP) is 4.70. The number of aryl methyl sites for hydroxylation is 3. The largest absolute Gasteiger partial charge is 0.488 e. The maximum absolute atomic E-state index is 13.5. The zero-order valence-electron chi connectivity index (χ0n) is 22.5. The Bertz CT molecular complexity index is 1110. The molecule has 2 aromatic rings. The van der Waals surface area contributed by atoms with Crippen LogP contribution in [0.2, 0.25) is 0 Å². The molecule has 2 heterocycles. The van der Waals surface area contributed by atoms with Crippen LogP contribution in [0.25, 0.3) is 5.57 Å². The molecule has 198 valence electrons. The van der Waals surface area contributed by atoms with E-state index in [2.05, 4.69) is 55.3 Å². The van der Waals surface area contributed by atoms with E-state index in [1.54, 1.807) is 0 Å². The van der Waals surface area contributed by atoms with Gasteiger partial charge in [-0.1, -0.05) is 48.0 Å². The minimum Gasteiger partial charge on any atom is -0.488 e. The first-order chi connectivity index (χ1) is 17.9. The Morgan fingerprint density at radius 2 is 1.70 bits per heavy atom. The molecule has 2 aliphatic heterocycles. The molecule has 0 unspecified atom stereocenters. The third-order valence-corrected chi connectivity index (χ3v) is 8.00. The van der Waals surface area contributed by atoms with Gasteiger partial charge < -0.3 is 19.5 Å². The van der Waals surface area contributed by atoms with Gasteiger partial charge in [0.2, 0.25) is 0 Å². The van der Waals surface area contributed by atoms with Gasteiger partial charge in [-0.3, -0.25) is 4.90 Å². The molecule has 6 heteroatoms. The van der Waals surface area contributed by atoms with Gasteiger partial charge >= 0.3 is 5.97 Å². The maximum atomic E-state index is 13.5. The molecule has 1 N–H and O–H groups in total.